The van der Waals surface area contributed by atoms with E-state index in [4.69, 9.17) is 9.47 Å². The van der Waals surface area contributed by atoms with Crippen molar-refractivity contribution < 1.29 is 14.3 Å². The van der Waals surface area contributed by atoms with E-state index in [-0.39, 0.29) is 0 Å². The summed E-state index contributed by atoms with van der Waals surface area (Å²) in [4.78, 5) is 10.6. The van der Waals surface area contributed by atoms with Gasteiger partial charge >= 0.3 is 0 Å². The van der Waals surface area contributed by atoms with E-state index in [2.05, 4.69) is 15.9 Å². The molecule has 4 heteroatoms. The van der Waals surface area contributed by atoms with Gasteiger partial charge in [0.15, 0.2) is 0 Å². The van der Waals surface area contributed by atoms with Gasteiger partial charge in [-0.15, -0.1) is 0 Å². The Bertz CT molecular complexity index is 540. The summed E-state index contributed by atoms with van der Waals surface area (Å²) in [5, 5.41) is 0. The van der Waals surface area contributed by atoms with E-state index in [9.17, 15) is 4.79 Å². The van der Waals surface area contributed by atoms with Crippen molar-refractivity contribution in [2.75, 3.05) is 13.2 Å². The smallest absolute Gasteiger partial charge is 0.150 e. The molecule has 0 aliphatic rings. The average molecular weight is 321 g/mol. The first-order valence-electron chi connectivity index (χ1n) is 5.85. The predicted octanol–water partition coefficient (Wildman–Crippen LogP) is 3.72. The van der Waals surface area contributed by atoms with Gasteiger partial charge in [0.2, 0.25) is 0 Å². The first kappa shape index (κ1) is 13.6. The lowest BCUT2D eigenvalue weighted by atomic mass is 10.2. The highest BCUT2D eigenvalue weighted by Crippen LogP contribution is 2.25. The Balaban J connectivity index is 1.81. The number of carbonyl (C=O) groups is 1. The normalized spacial score (nSPS) is 9.95. The maximum absolute atomic E-state index is 10.6. The Morgan fingerprint density at radius 3 is 2.42 bits per heavy atom. The minimum atomic E-state index is 0.438. The molecule has 0 amide bonds. The molecule has 0 N–H and O–H groups in total. The van der Waals surface area contributed by atoms with Crippen LogP contribution in [-0.4, -0.2) is 19.5 Å². The molecule has 0 aromatic heterocycles. The van der Waals surface area contributed by atoms with E-state index in [0.29, 0.717) is 24.5 Å². The molecule has 98 valence electrons. The number of hydrogen-bond donors (Lipinski definition) is 0. The Kier molecular flexibility index (Phi) is 4.98. The molecule has 2 rings (SSSR count). The van der Waals surface area contributed by atoms with E-state index in [1.54, 1.807) is 18.2 Å². The summed E-state index contributed by atoms with van der Waals surface area (Å²) < 4.78 is 11.8. The summed E-state index contributed by atoms with van der Waals surface area (Å²) in [5.74, 6) is 1.52. The van der Waals surface area contributed by atoms with Crippen LogP contribution in [0.15, 0.2) is 53.0 Å². The molecule has 0 atom stereocenters. The van der Waals surface area contributed by atoms with Crippen molar-refractivity contribution in [3.05, 3.63) is 58.6 Å². The van der Waals surface area contributed by atoms with Crippen molar-refractivity contribution in [1.29, 1.82) is 0 Å². The fraction of sp³-hybridized carbons (Fsp3) is 0.133. The van der Waals surface area contributed by atoms with Gasteiger partial charge < -0.3 is 9.47 Å². The van der Waals surface area contributed by atoms with Crippen LogP contribution in [0, 0.1) is 0 Å². The number of aldehydes is 1. The van der Waals surface area contributed by atoms with E-state index < -0.39 is 0 Å². The first-order chi connectivity index (χ1) is 9.29. The minimum absolute atomic E-state index is 0.438. The SMILES string of the molecule is O=Cc1ccc(OCCOc2ccccc2)c(Br)c1. The molecule has 2 aromatic rings. The highest BCUT2D eigenvalue weighted by molar-refractivity contribution is 9.10. The highest BCUT2D eigenvalue weighted by atomic mass is 79.9. The van der Waals surface area contributed by atoms with Crippen LogP contribution in [-0.2, 0) is 0 Å². The Labute approximate surface area is 120 Å². The Morgan fingerprint density at radius 2 is 1.74 bits per heavy atom. The van der Waals surface area contributed by atoms with Crippen LogP contribution in [0.4, 0.5) is 0 Å². The van der Waals surface area contributed by atoms with Crippen LogP contribution in [0.25, 0.3) is 0 Å². The van der Waals surface area contributed by atoms with Crippen molar-refractivity contribution in [3.8, 4) is 11.5 Å². The lowest BCUT2D eigenvalue weighted by Crippen LogP contribution is -2.09. The Hall–Kier alpha value is -1.81. The highest BCUT2D eigenvalue weighted by Gasteiger charge is 2.02. The molecule has 0 aliphatic heterocycles. The van der Waals surface area contributed by atoms with Gasteiger partial charge in [-0.2, -0.15) is 0 Å². The topological polar surface area (TPSA) is 35.5 Å². The molecule has 0 aliphatic carbocycles. The summed E-state index contributed by atoms with van der Waals surface area (Å²) in [6.45, 7) is 0.903. The number of halogens is 1. The lowest BCUT2D eigenvalue weighted by Gasteiger charge is -2.09. The van der Waals surface area contributed by atoms with E-state index in [1.165, 1.54) is 0 Å². The number of hydrogen-bond acceptors (Lipinski definition) is 3. The summed E-state index contributed by atoms with van der Waals surface area (Å²) in [7, 11) is 0. The number of benzene rings is 2. The molecule has 0 fully saturated rings. The van der Waals surface area contributed by atoms with Crippen molar-refractivity contribution in [1.82, 2.24) is 0 Å². The molecular formula is C15H13BrO3. The molecule has 0 unspecified atom stereocenters. The second-order valence-electron chi connectivity index (χ2n) is 3.82. The van der Waals surface area contributed by atoms with Gasteiger partial charge in [-0.1, -0.05) is 18.2 Å². The van der Waals surface area contributed by atoms with Crippen molar-refractivity contribution in [2.45, 2.75) is 0 Å². The predicted molar refractivity (Wildman–Crippen MR) is 77.0 cm³/mol. The van der Waals surface area contributed by atoms with Crippen molar-refractivity contribution >= 4 is 22.2 Å². The molecule has 0 saturated heterocycles. The molecule has 0 spiro atoms. The van der Waals surface area contributed by atoms with Gasteiger partial charge in [-0.25, -0.2) is 0 Å². The van der Waals surface area contributed by atoms with E-state index in [1.807, 2.05) is 30.3 Å². The van der Waals surface area contributed by atoms with E-state index >= 15 is 0 Å². The fourth-order valence-corrected chi connectivity index (χ4v) is 2.05. The summed E-state index contributed by atoms with van der Waals surface area (Å²) in [5.41, 5.74) is 0.611. The molecule has 0 heterocycles. The number of carbonyl (C=O) groups excluding carboxylic acids is 1. The average Bonchev–Trinajstić information content (AvgIpc) is 2.46. The zero-order valence-electron chi connectivity index (χ0n) is 10.2. The van der Waals surface area contributed by atoms with Crippen LogP contribution in [0.5, 0.6) is 11.5 Å². The van der Waals surface area contributed by atoms with Gasteiger partial charge in [0.05, 0.1) is 4.47 Å². The number of rotatable bonds is 6. The third-order valence-corrected chi connectivity index (χ3v) is 3.06. The maximum atomic E-state index is 10.6. The molecule has 2 aromatic carbocycles. The summed E-state index contributed by atoms with van der Waals surface area (Å²) in [6.07, 6.45) is 0.799. The molecule has 3 nitrogen and oxygen atoms in total. The van der Waals surface area contributed by atoms with Crippen LogP contribution in [0.3, 0.4) is 0 Å². The second-order valence-corrected chi connectivity index (χ2v) is 4.67. The molecular weight excluding hydrogens is 308 g/mol. The largest absolute Gasteiger partial charge is 0.490 e. The van der Waals surface area contributed by atoms with Gasteiger partial charge in [-0.05, 0) is 46.3 Å². The molecule has 0 saturated carbocycles. The summed E-state index contributed by atoms with van der Waals surface area (Å²) in [6, 6.07) is 14.8. The zero-order chi connectivity index (χ0) is 13.5. The zero-order valence-corrected chi connectivity index (χ0v) is 11.8. The number of para-hydroxylation sites is 1. The maximum Gasteiger partial charge on any atom is 0.150 e. The number of ether oxygens (including phenoxy) is 2. The van der Waals surface area contributed by atoms with E-state index in [0.717, 1.165) is 16.5 Å². The van der Waals surface area contributed by atoms with Gasteiger partial charge in [0.25, 0.3) is 0 Å². The summed E-state index contributed by atoms with van der Waals surface area (Å²) >= 11 is 3.36. The fourth-order valence-electron chi connectivity index (χ4n) is 1.54. The Morgan fingerprint density at radius 1 is 1.00 bits per heavy atom. The minimum Gasteiger partial charge on any atom is -0.490 e. The third kappa shape index (κ3) is 4.10. The first-order valence-corrected chi connectivity index (χ1v) is 6.64. The van der Waals surface area contributed by atoms with Crippen LogP contribution < -0.4 is 9.47 Å². The lowest BCUT2D eigenvalue weighted by molar-refractivity contribution is 0.112. The van der Waals surface area contributed by atoms with Crippen molar-refractivity contribution in [2.24, 2.45) is 0 Å². The van der Waals surface area contributed by atoms with Crippen LogP contribution >= 0.6 is 15.9 Å². The van der Waals surface area contributed by atoms with Crippen LogP contribution in [0.1, 0.15) is 10.4 Å². The van der Waals surface area contributed by atoms with Gasteiger partial charge in [0, 0.05) is 5.56 Å². The monoisotopic (exact) mass is 320 g/mol. The van der Waals surface area contributed by atoms with Crippen molar-refractivity contribution in [3.63, 3.8) is 0 Å². The third-order valence-electron chi connectivity index (χ3n) is 2.44. The molecule has 0 radical (unpaired) electrons. The molecule has 0 bridgehead atoms. The van der Waals surface area contributed by atoms with Crippen LogP contribution in [0.2, 0.25) is 0 Å². The van der Waals surface area contributed by atoms with Gasteiger partial charge in [-0.3, -0.25) is 4.79 Å². The standard InChI is InChI=1S/C15H13BrO3/c16-14-10-12(11-17)6-7-15(14)19-9-8-18-13-4-2-1-3-5-13/h1-7,10-11H,8-9H2. The second kappa shape index (κ2) is 6.95. The molecule has 19 heavy (non-hydrogen) atoms. The van der Waals surface area contributed by atoms with Gasteiger partial charge in [0.1, 0.15) is 31.0 Å². The quantitative estimate of drug-likeness (QED) is 0.601.